The molecule has 0 fully saturated rings. The summed E-state index contributed by atoms with van der Waals surface area (Å²) < 4.78 is 62.7. The number of carboxylic acid groups (broad SMARTS) is 1. The second-order valence-corrected chi connectivity index (χ2v) is 9.11. The van der Waals surface area contributed by atoms with Gasteiger partial charge in [0.2, 0.25) is 0 Å². The smallest absolute Gasteiger partial charge is 0.356 e. The van der Waals surface area contributed by atoms with Crippen LogP contribution in [0, 0.1) is 5.82 Å². The van der Waals surface area contributed by atoms with E-state index in [1.165, 1.54) is 7.05 Å². The van der Waals surface area contributed by atoms with Crippen molar-refractivity contribution >= 4 is 25.6 Å². The Balaban J connectivity index is 2.85. The summed E-state index contributed by atoms with van der Waals surface area (Å²) in [6.07, 6.45) is 1.46. The molecule has 0 atom stereocenters. The van der Waals surface area contributed by atoms with Gasteiger partial charge in [-0.2, -0.15) is 5.10 Å². The van der Waals surface area contributed by atoms with E-state index < -0.39 is 41.3 Å². The number of carboxylic acids is 1. The molecule has 1 aromatic heterocycles. The van der Waals surface area contributed by atoms with E-state index >= 15 is 0 Å². The Morgan fingerprint density at radius 3 is 2.12 bits per heavy atom. The molecule has 0 unspecified atom stereocenters. The monoisotopic (exact) mass is 376 g/mol. The normalized spacial score (nSPS) is 12.3. The molecule has 11 heteroatoms. The molecule has 0 radical (unpaired) electrons. The summed E-state index contributed by atoms with van der Waals surface area (Å²) >= 11 is 0. The maximum absolute atomic E-state index is 14.3. The molecule has 1 heterocycles. The average molecular weight is 376 g/mol. The van der Waals surface area contributed by atoms with Crippen LogP contribution in [0.4, 0.5) is 4.39 Å². The first-order valence-electron chi connectivity index (χ1n) is 6.33. The van der Waals surface area contributed by atoms with Gasteiger partial charge in [-0.15, -0.1) is 0 Å². The van der Waals surface area contributed by atoms with Crippen LogP contribution < -0.4 is 0 Å². The predicted molar refractivity (Wildman–Crippen MR) is 81.8 cm³/mol. The lowest BCUT2D eigenvalue weighted by Gasteiger charge is -2.11. The van der Waals surface area contributed by atoms with E-state index in [9.17, 15) is 26.0 Å². The van der Waals surface area contributed by atoms with E-state index in [-0.39, 0.29) is 17.0 Å². The number of halogens is 1. The Hall–Kier alpha value is -2.27. The average Bonchev–Trinajstić information content (AvgIpc) is 2.77. The highest BCUT2D eigenvalue weighted by atomic mass is 32.2. The molecule has 0 bridgehead atoms. The Morgan fingerprint density at radius 2 is 1.71 bits per heavy atom. The predicted octanol–water partition coefficient (Wildman–Crippen LogP) is 0.731. The maximum Gasteiger partial charge on any atom is 0.356 e. The molecular weight excluding hydrogens is 363 g/mol. The second-order valence-electron chi connectivity index (χ2n) is 5.17. The molecule has 2 aromatic rings. The molecule has 0 saturated carbocycles. The number of aromatic nitrogens is 2. The van der Waals surface area contributed by atoms with Crippen molar-refractivity contribution in [3.05, 3.63) is 29.7 Å². The molecule has 0 amide bonds. The van der Waals surface area contributed by atoms with Crippen LogP contribution in [0.2, 0.25) is 0 Å². The Bertz CT molecular complexity index is 1050. The van der Waals surface area contributed by atoms with Crippen molar-refractivity contribution in [3.8, 4) is 11.3 Å². The molecule has 0 saturated heterocycles. The number of hydrogen-bond acceptors (Lipinski definition) is 6. The fraction of sp³-hybridized carbons (Fsp3) is 0.231. The maximum atomic E-state index is 14.3. The number of rotatable bonds is 4. The van der Waals surface area contributed by atoms with E-state index in [4.69, 9.17) is 5.11 Å². The van der Waals surface area contributed by atoms with Gasteiger partial charge >= 0.3 is 5.97 Å². The third kappa shape index (κ3) is 3.31. The summed E-state index contributed by atoms with van der Waals surface area (Å²) in [5.41, 5.74) is -0.208. The molecule has 0 spiro atoms. The van der Waals surface area contributed by atoms with Crippen LogP contribution in [0.3, 0.4) is 0 Å². The van der Waals surface area contributed by atoms with E-state index in [1.807, 2.05) is 0 Å². The standard InChI is InChI=1S/C13H13FN2O6S2/c1-16-10(6-9(15-16)13(17)18)7-4-8(14)12(24(3,21)22)11(5-7)23(2,19)20/h4-6H,1-3H3,(H,17,18). The zero-order valence-corrected chi connectivity index (χ0v) is 14.4. The Kier molecular flexibility index (Phi) is 4.27. The van der Waals surface area contributed by atoms with E-state index in [2.05, 4.69) is 5.10 Å². The van der Waals surface area contributed by atoms with Crippen molar-refractivity contribution in [2.45, 2.75) is 9.79 Å². The van der Waals surface area contributed by atoms with Crippen molar-refractivity contribution in [2.75, 3.05) is 12.5 Å². The van der Waals surface area contributed by atoms with Gasteiger partial charge in [0.05, 0.1) is 10.6 Å². The molecular formula is C13H13FN2O6S2. The molecule has 0 aliphatic carbocycles. The summed E-state index contributed by atoms with van der Waals surface area (Å²) in [5, 5.41) is 12.6. The van der Waals surface area contributed by atoms with Gasteiger partial charge < -0.3 is 5.11 Å². The Labute approximate surface area is 137 Å². The lowest BCUT2D eigenvalue weighted by molar-refractivity contribution is 0.0689. The van der Waals surface area contributed by atoms with E-state index in [0.717, 1.165) is 29.1 Å². The SMILES string of the molecule is Cn1nc(C(=O)O)cc1-c1cc(F)c(S(C)(=O)=O)c(S(C)(=O)=O)c1. The summed E-state index contributed by atoms with van der Waals surface area (Å²) in [5.74, 6) is -2.55. The minimum Gasteiger partial charge on any atom is -0.476 e. The first-order valence-corrected chi connectivity index (χ1v) is 10.1. The van der Waals surface area contributed by atoms with E-state index in [0.29, 0.717) is 6.26 Å². The van der Waals surface area contributed by atoms with Gasteiger partial charge in [-0.05, 0) is 18.2 Å². The number of aryl methyl sites for hydroxylation is 1. The molecule has 2 rings (SSSR count). The summed E-state index contributed by atoms with van der Waals surface area (Å²) in [4.78, 5) is 9.33. The molecule has 0 aliphatic heterocycles. The van der Waals surface area contributed by atoms with Crippen LogP contribution in [0.5, 0.6) is 0 Å². The number of carbonyl (C=O) groups is 1. The zero-order valence-electron chi connectivity index (χ0n) is 12.8. The topological polar surface area (TPSA) is 123 Å². The van der Waals surface area contributed by atoms with E-state index in [1.54, 1.807) is 0 Å². The fourth-order valence-corrected chi connectivity index (χ4v) is 4.71. The lowest BCUT2D eigenvalue weighted by Crippen LogP contribution is -2.11. The molecule has 130 valence electrons. The molecule has 24 heavy (non-hydrogen) atoms. The second kappa shape index (κ2) is 5.67. The number of benzene rings is 1. The van der Waals surface area contributed by atoms with Crippen LogP contribution >= 0.6 is 0 Å². The van der Waals surface area contributed by atoms with Crippen LogP contribution in [0.1, 0.15) is 10.5 Å². The summed E-state index contributed by atoms with van der Waals surface area (Å²) in [7, 11) is -6.80. The number of sulfone groups is 2. The van der Waals surface area contributed by atoms with Gasteiger partial charge in [-0.3, -0.25) is 4.68 Å². The van der Waals surface area contributed by atoms with Gasteiger partial charge in [0.25, 0.3) is 0 Å². The quantitative estimate of drug-likeness (QED) is 0.834. The van der Waals surface area contributed by atoms with Crippen molar-refractivity contribution in [1.82, 2.24) is 9.78 Å². The van der Waals surface area contributed by atoms with Crippen molar-refractivity contribution in [2.24, 2.45) is 7.05 Å². The fourth-order valence-electron chi connectivity index (χ4n) is 2.19. The van der Waals surface area contributed by atoms with Crippen molar-refractivity contribution < 1.29 is 31.1 Å². The molecule has 1 N–H and O–H groups in total. The van der Waals surface area contributed by atoms with Crippen LogP contribution in [-0.2, 0) is 26.7 Å². The molecule has 8 nitrogen and oxygen atoms in total. The first kappa shape index (κ1) is 18.1. The van der Waals surface area contributed by atoms with Gasteiger partial charge in [-0.1, -0.05) is 0 Å². The van der Waals surface area contributed by atoms with Crippen LogP contribution in [0.15, 0.2) is 28.0 Å². The third-order valence-corrected chi connectivity index (χ3v) is 5.58. The van der Waals surface area contributed by atoms with Crippen molar-refractivity contribution in [3.63, 3.8) is 0 Å². The Morgan fingerprint density at radius 1 is 1.12 bits per heavy atom. The van der Waals surface area contributed by atoms with Crippen molar-refractivity contribution in [1.29, 1.82) is 0 Å². The minimum atomic E-state index is -4.14. The lowest BCUT2D eigenvalue weighted by atomic mass is 10.1. The number of hydrogen-bond donors (Lipinski definition) is 1. The highest BCUT2D eigenvalue weighted by Crippen LogP contribution is 2.31. The first-order chi connectivity index (χ1) is 10.8. The highest BCUT2D eigenvalue weighted by Gasteiger charge is 2.27. The third-order valence-electron chi connectivity index (χ3n) is 3.17. The molecule has 0 aliphatic rings. The number of aromatic carboxylic acids is 1. The summed E-state index contributed by atoms with van der Waals surface area (Å²) in [6, 6.07) is 2.94. The zero-order chi connectivity index (χ0) is 18.4. The molecule has 1 aromatic carbocycles. The minimum absolute atomic E-state index is 0.0113. The van der Waals surface area contributed by atoms with Crippen LogP contribution in [0.25, 0.3) is 11.3 Å². The number of nitrogens with zero attached hydrogens (tertiary/aromatic N) is 2. The van der Waals surface area contributed by atoms with Crippen LogP contribution in [-0.4, -0.2) is 50.2 Å². The van der Waals surface area contributed by atoms with Gasteiger partial charge in [0, 0.05) is 25.1 Å². The summed E-state index contributed by atoms with van der Waals surface area (Å²) in [6.45, 7) is 0. The highest BCUT2D eigenvalue weighted by molar-refractivity contribution is 7.93. The largest absolute Gasteiger partial charge is 0.476 e. The van der Waals surface area contributed by atoms with Gasteiger partial charge in [0.1, 0.15) is 10.7 Å². The van der Waals surface area contributed by atoms with Gasteiger partial charge in [-0.25, -0.2) is 26.0 Å². The van der Waals surface area contributed by atoms with Gasteiger partial charge in [0.15, 0.2) is 25.4 Å².